The Morgan fingerprint density at radius 2 is 1.56 bits per heavy atom. The molecule has 2 aromatic carbocycles. The van der Waals surface area contributed by atoms with Crippen LogP contribution in [0.4, 0.5) is 0 Å². The molecule has 1 amide bonds. The summed E-state index contributed by atoms with van der Waals surface area (Å²) in [6.07, 6.45) is 3.83. The molecule has 25 heavy (non-hydrogen) atoms. The van der Waals surface area contributed by atoms with Crippen LogP contribution in [0.5, 0.6) is 5.75 Å². The van der Waals surface area contributed by atoms with Crippen LogP contribution in [0.3, 0.4) is 0 Å². The molecule has 3 rings (SSSR count). The van der Waals surface area contributed by atoms with Gasteiger partial charge in [-0.3, -0.25) is 4.79 Å². The Labute approximate surface area is 150 Å². The summed E-state index contributed by atoms with van der Waals surface area (Å²) in [7, 11) is 0. The first kappa shape index (κ1) is 17.5. The second kappa shape index (κ2) is 7.30. The lowest BCUT2D eigenvalue weighted by atomic mass is 9.78. The number of nitrogens with two attached hydrogens (primary N) is 1. The molecular weight excluding hydrogens is 310 g/mol. The lowest BCUT2D eigenvalue weighted by molar-refractivity contribution is -0.126. The van der Waals surface area contributed by atoms with Gasteiger partial charge in [0.25, 0.3) is 5.91 Å². The van der Waals surface area contributed by atoms with E-state index in [4.69, 9.17) is 10.5 Å². The van der Waals surface area contributed by atoms with E-state index in [-0.39, 0.29) is 17.2 Å². The zero-order valence-electron chi connectivity index (χ0n) is 15.1. The average Bonchev–Trinajstić information content (AvgIpc) is 3.15. The second-order valence-corrected chi connectivity index (χ2v) is 7.50. The van der Waals surface area contributed by atoms with E-state index in [1.165, 1.54) is 11.1 Å². The van der Waals surface area contributed by atoms with Gasteiger partial charge in [-0.1, -0.05) is 69.2 Å². The van der Waals surface area contributed by atoms with Crippen molar-refractivity contribution >= 4 is 5.91 Å². The normalized spacial score (nSPS) is 16.6. The molecule has 1 aliphatic carbocycles. The number of carbonyl (C=O) groups is 1. The van der Waals surface area contributed by atoms with Crippen LogP contribution in [-0.2, 0) is 10.2 Å². The van der Waals surface area contributed by atoms with E-state index in [2.05, 4.69) is 50.2 Å². The Morgan fingerprint density at radius 1 is 1.00 bits per heavy atom. The van der Waals surface area contributed by atoms with Gasteiger partial charge in [0.05, 0.1) is 0 Å². The number of ether oxygens (including phenoxy) is 1. The molecule has 1 aliphatic rings. The standard InChI is InChI=1S/C22H27NO2/c1-22(2,17-10-4-3-5-11-17)18-12-14-19(15-13-18)25-20(21(23)24)16-8-6-7-9-16/h3-5,10-16,20H,6-9H2,1-2H3,(H2,23,24). The molecule has 0 aromatic heterocycles. The summed E-state index contributed by atoms with van der Waals surface area (Å²) in [5.74, 6) is 0.599. The molecule has 0 heterocycles. The fourth-order valence-electron chi connectivity index (χ4n) is 3.77. The molecule has 0 spiro atoms. The Balaban J connectivity index is 1.76. The predicted molar refractivity (Wildman–Crippen MR) is 101 cm³/mol. The summed E-state index contributed by atoms with van der Waals surface area (Å²) in [5, 5.41) is 0. The van der Waals surface area contributed by atoms with Crippen molar-refractivity contribution in [2.75, 3.05) is 0 Å². The second-order valence-electron chi connectivity index (χ2n) is 7.50. The molecule has 0 bridgehead atoms. The number of benzene rings is 2. The maximum Gasteiger partial charge on any atom is 0.258 e. The van der Waals surface area contributed by atoms with Crippen molar-refractivity contribution in [1.29, 1.82) is 0 Å². The van der Waals surface area contributed by atoms with Gasteiger partial charge in [0.15, 0.2) is 6.10 Å². The minimum atomic E-state index is -0.518. The number of hydrogen-bond donors (Lipinski definition) is 1. The lowest BCUT2D eigenvalue weighted by Crippen LogP contribution is -2.39. The van der Waals surface area contributed by atoms with Gasteiger partial charge in [-0.05, 0) is 36.1 Å². The van der Waals surface area contributed by atoms with Gasteiger partial charge in [-0.25, -0.2) is 0 Å². The lowest BCUT2D eigenvalue weighted by Gasteiger charge is -2.27. The predicted octanol–water partition coefficient (Wildman–Crippen LogP) is 4.44. The van der Waals surface area contributed by atoms with Crippen molar-refractivity contribution in [3.8, 4) is 5.75 Å². The summed E-state index contributed by atoms with van der Waals surface area (Å²) >= 11 is 0. The molecule has 0 saturated heterocycles. The summed E-state index contributed by atoms with van der Waals surface area (Å²) in [5.41, 5.74) is 7.97. The summed E-state index contributed by atoms with van der Waals surface area (Å²) in [6.45, 7) is 4.42. The van der Waals surface area contributed by atoms with Crippen molar-refractivity contribution in [2.45, 2.75) is 51.0 Å². The van der Waals surface area contributed by atoms with Crippen LogP contribution in [0.2, 0.25) is 0 Å². The number of amides is 1. The molecule has 0 aliphatic heterocycles. The molecule has 3 heteroatoms. The molecule has 2 N–H and O–H groups in total. The first-order valence-electron chi connectivity index (χ1n) is 9.10. The van der Waals surface area contributed by atoms with Crippen LogP contribution < -0.4 is 10.5 Å². The SMILES string of the molecule is CC(C)(c1ccccc1)c1ccc(OC(C(N)=O)C2CCCC2)cc1. The maximum atomic E-state index is 11.8. The van der Waals surface area contributed by atoms with Crippen molar-refractivity contribution in [1.82, 2.24) is 0 Å². The van der Waals surface area contributed by atoms with E-state index in [9.17, 15) is 4.79 Å². The van der Waals surface area contributed by atoms with E-state index in [0.29, 0.717) is 5.75 Å². The van der Waals surface area contributed by atoms with Crippen molar-refractivity contribution < 1.29 is 9.53 Å². The Morgan fingerprint density at radius 3 is 2.12 bits per heavy atom. The van der Waals surface area contributed by atoms with Crippen LogP contribution in [0, 0.1) is 5.92 Å². The summed E-state index contributed by atoms with van der Waals surface area (Å²) in [6, 6.07) is 18.5. The van der Waals surface area contributed by atoms with E-state index in [1.807, 2.05) is 18.2 Å². The third-order valence-electron chi connectivity index (χ3n) is 5.44. The number of primary amides is 1. The van der Waals surface area contributed by atoms with Gasteiger partial charge in [0, 0.05) is 11.3 Å². The van der Waals surface area contributed by atoms with Gasteiger partial charge >= 0.3 is 0 Å². The van der Waals surface area contributed by atoms with Crippen LogP contribution >= 0.6 is 0 Å². The zero-order chi connectivity index (χ0) is 17.9. The molecule has 132 valence electrons. The molecule has 0 radical (unpaired) electrons. The minimum Gasteiger partial charge on any atom is -0.480 e. The fraction of sp³-hybridized carbons (Fsp3) is 0.409. The Bertz CT molecular complexity index is 701. The monoisotopic (exact) mass is 337 g/mol. The molecule has 1 unspecified atom stereocenters. The Kier molecular flexibility index (Phi) is 5.12. The van der Waals surface area contributed by atoms with Gasteiger partial charge < -0.3 is 10.5 Å². The van der Waals surface area contributed by atoms with E-state index in [0.717, 1.165) is 25.7 Å². The van der Waals surface area contributed by atoms with Crippen molar-refractivity contribution in [2.24, 2.45) is 11.7 Å². The molecule has 1 atom stereocenters. The van der Waals surface area contributed by atoms with Crippen molar-refractivity contribution in [3.63, 3.8) is 0 Å². The minimum absolute atomic E-state index is 0.0890. The summed E-state index contributed by atoms with van der Waals surface area (Å²) in [4.78, 5) is 11.8. The van der Waals surface area contributed by atoms with Gasteiger partial charge in [0.2, 0.25) is 0 Å². The molecule has 2 aromatic rings. The van der Waals surface area contributed by atoms with E-state index < -0.39 is 6.10 Å². The largest absolute Gasteiger partial charge is 0.480 e. The highest BCUT2D eigenvalue weighted by atomic mass is 16.5. The number of hydrogen-bond acceptors (Lipinski definition) is 2. The molecular formula is C22H27NO2. The van der Waals surface area contributed by atoms with Gasteiger partial charge in [-0.2, -0.15) is 0 Å². The topological polar surface area (TPSA) is 52.3 Å². The van der Waals surface area contributed by atoms with Crippen LogP contribution in [0.15, 0.2) is 54.6 Å². The fourth-order valence-corrected chi connectivity index (χ4v) is 3.77. The van der Waals surface area contributed by atoms with Gasteiger partial charge in [-0.15, -0.1) is 0 Å². The quantitative estimate of drug-likeness (QED) is 0.847. The Hall–Kier alpha value is -2.29. The van der Waals surface area contributed by atoms with E-state index >= 15 is 0 Å². The van der Waals surface area contributed by atoms with Crippen LogP contribution in [-0.4, -0.2) is 12.0 Å². The highest BCUT2D eigenvalue weighted by Gasteiger charge is 2.31. The zero-order valence-corrected chi connectivity index (χ0v) is 15.1. The molecule has 3 nitrogen and oxygen atoms in total. The average molecular weight is 337 g/mol. The molecule has 1 saturated carbocycles. The number of carbonyl (C=O) groups excluding carboxylic acids is 1. The highest BCUT2D eigenvalue weighted by molar-refractivity contribution is 5.79. The van der Waals surface area contributed by atoms with Crippen molar-refractivity contribution in [3.05, 3.63) is 65.7 Å². The summed E-state index contributed by atoms with van der Waals surface area (Å²) < 4.78 is 5.96. The van der Waals surface area contributed by atoms with E-state index in [1.54, 1.807) is 0 Å². The first-order chi connectivity index (χ1) is 12.0. The maximum absolute atomic E-state index is 11.8. The van der Waals surface area contributed by atoms with Gasteiger partial charge in [0.1, 0.15) is 5.75 Å². The smallest absolute Gasteiger partial charge is 0.258 e. The van der Waals surface area contributed by atoms with Crippen LogP contribution in [0.1, 0.15) is 50.7 Å². The highest BCUT2D eigenvalue weighted by Crippen LogP contribution is 2.33. The third-order valence-corrected chi connectivity index (χ3v) is 5.44. The first-order valence-corrected chi connectivity index (χ1v) is 9.10. The number of rotatable bonds is 6. The van der Waals surface area contributed by atoms with Crippen LogP contribution in [0.25, 0.3) is 0 Å². The molecule has 1 fully saturated rings. The third kappa shape index (κ3) is 3.87.